The SMILES string of the molecule is CCC1CCCCC1OC(=O)c1cc(N)n[nH]1. The number of aromatic nitrogens is 2. The zero-order valence-electron chi connectivity index (χ0n) is 10.1. The van der Waals surface area contributed by atoms with Crippen molar-refractivity contribution < 1.29 is 9.53 Å². The third-order valence-corrected chi connectivity index (χ3v) is 3.44. The van der Waals surface area contributed by atoms with Crippen LogP contribution >= 0.6 is 0 Å². The molecule has 1 aliphatic carbocycles. The number of nitrogens with one attached hydrogen (secondary N) is 1. The fraction of sp³-hybridized carbons (Fsp3) is 0.667. The number of ether oxygens (including phenoxy) is 1. The van der Waals surface area contributed by atoms with Crippen LogP contribution in [0.3, 0.4) is 0 Å². The quantitative estimate of drug-likeness (QED) is 0.789. The Kier molecular flexibility index (Phi) is 3.66. The fourth-order valence-electron chi connectivity index (χ4n) is 2.44. The summed E-state index contributed by atoms with van der Waals surface area (Å²) in [5.74, 6) is 0.458. The smallest absolute Gasteiger partial charge is 0.356 e. The topological polar surface area (TPSA) is 81.0 Å². The molecule has 2 atom stereocenters. The Balaban J connectivity index is 1.97. The molecule has 5 heteroatoms. The summed E-state index contributed by atoms with van der Waals surface area (Å²) in [5.41, 5.74) is 5.79. The van der Waals surface area contributed by atoms with E-state index in [1.807, 2.05) is 0 Å². The molecule has 0 spiro atoms. The number of hydrogen-bond acceptors (Lipinski definition) is 4. The van der Waals surface area contributed by atoms with E-state index < -0.39 is 0 Å². The van der Waals surface area contributed by atoms with Gasteiger partial charge >= 0.3 is 5.97 Å². The van der Waals surface area contributed by atoms with E-state index in [1.165, 1.54) is 12.5 Å². The van der Waals surface area contributed by atoms with Crippen LogP contribution in [-0.2, 0) is 4.74 Å². The minimum atomic E-state index is -0.348. The molecule has 3 N–H and O–H groups in total. The number of carbonyl (C=O) groups is 1. The van der Waals surface area contributed by atoms with Crippen LogP contribution in [0.5, 0.6) is 0 Å². The number of rotatable bonds is 3. The number of hydrogen-bond donors (Lipinski definition) is 2. The molecule has 1 aliphatic rings. The highest BCUT2D eigenvalue weighted by atomic mass is 16.5. The fourth-order valence-corrected chi connectivity index (χ4v) is 2.44. The van der Waals surface area contributed by atoms with E-state index in [2.05, 4.69) is 17.1 Å². The molecule has 1 aromatic heterocycles. The van der Waals surface area contributed by atoms with E-state index in [0.717, 1.165) is 25.7 Å². The summed E-state index contributed by atoms with van der Waals surface area (Å²) in [6.45, 7) is 2.14. The van der Waals surface area contributed by atoms with E-state index in [9.17, 15) is 4.79 Å². The molecule has 0 saturated heterocycles. The molecule has 17 heavy (non-hydrogen) atoms. The second kappa shape index (κ2) is 5.21. The maximum absolute atomic E-state index is 11.8. The van der Waals surface area contributed by atoms with Gasteiger partial charge in [-0.2, -0.15) is 5.10 Å². The third-order valence-electron chi connectivity index (χ3n) is 3.44. The molecular weight excluding hydrogens is 218 g/mol. The number of nitrogen functional groups attached to an aromatic ring is 1. The Morgan fingerprint density at radius 3 is 3.00 bits per heavy atom. The van der Waals surface area contributed by atoms with Gasteiger partial charge in [-0.05, 0) is 31.6 Å². The molecule has 0 aliphatic heterocycles. The van der Waals surface area contributed by atoms with Crippen molar-refractivity contribution in [3.8, 4) is 0 Å². The molecular formula is C12H19N3O2. The summed E-state index contributed by atoms with van der Waals surface area (Å²) in [7, 11) is 0. The first-order chi connectivity index (χ1) is 8.20. The predicted octanol–water partition coefficient (Wildman–Crippen LogP) is 2.12. The molecule has 0 aromatic carbocycles. The largest absolute Gasteiger partial charge is 0.457 e. The van der Waals surface area contributed by atoms with E-state index >= 15 is 0 Å². The lowest BCUT2D eigenvalue weighted by Gasteiger charge is -2.30. The predicted molar refractivity (Wildman–Crippen MR) is 64.5 cm³/mol. The first-order valence-electron chi connectivity index (χ1n) is 6.22. The third kappa shape index (κ3) is 2.78. The van der Waals surface area contributed by atoms with E-state index in [-0.39, 0.29) is 12.1 Å². The summed E-state index contributed by atoms with van der Waals surface area (Å²) in [6.07, 6.45) is 5.60. The van der Waals surface area contributed by atoms with E-state index in [4.69, 9.17) is 10.5 Å². The molecule has 2 rings (SSSR count). The lowest BCUT2D eigenvalue weighted by Crippen LogP contribution is -2.29. The Morgan fingerprint density at radius 1 is 1.59 bits per heavy atom. The summed E-state index contributed by atoms with van der Waals surface area (Å²) in [6, 6.07) is 1.51. The van der Waals surface area contributed by atoms with Gasteiger partial charge in [-0.15, -0.1) is 0 Å². The van der Waals surface area contributed by atoms with Crippen molar-refractivity contribution >= 4 is 11.8 Å². The highest BCUT2D eigenvalue weighted by Crippen LogP contribution is 2.29. The lowest BCUT2D eigenvalue weighted by atomic mass is 9.85. The van der Waals surface area contributed by atoms with Crippen LogP contribution in [0.4, 0.5) is 5.82 Å². The monoisotopic (exact) mass is 237 g/mol. The molecule has 0 amide bonds. The van der Waals surface area contributed by atoms with Crippen LogP contribution in [0.2, 0.25) is 0 Å². The van der Waals surface area contributed by atoms with Gasteiger partial charge < -0.3 is 10.5 Å². The standard InChI is InChI=1S/C12H19N3O2/c1-2-8-5-3-4-6-10(8)17-12(16)9-7-11(13)15-14-9/h7-8,10H,2-6H2,1H3,(H3,13,14,15). The van der Waals surface area contributed by atoms with Crippen molar-refractivity contribution in [3.63, 3.8) is 0 Å². The number of nitrogens with zero attached hydrogens (tertiary/aromatic N) is 1. The van der Waals surface area contributed by atoms with Gasteiger partial charge in [0.05, 0.1) is 0 Å². The second-order valence-electron chi connectivity index (χ2n) is 4.60. The summed E-state index contributed by atoms with van der Waals surface area (Å²) in [5, 5.41) is 6.30. The summed E-state index contributed by atoms with van der Waals surface area (Å²) >= 11 is 0. The maximum atomic E-state index is 11.8. The van der Waals surface area contributed by atoms with Gasteiger partial charge in [0.1, 0.15) is 17.6 Å². The zero-order valence-corrected chi connectivity index (χ0v) is 10.1. The molecule has 1 heterocycles. The molecule has 1 saturated carbocycles. The zero-order chi connectivity index (χ0) is 12.3. The van der Waals surface area contributed by atoms with Gasteiger partial charge in [0.2, 0.25) is 0 Å². The highest BCUT2D eigenvalue weighted by Gasteiger charge is 2.27. The van der Waals surface area contributed by atoms with Crippen LogP contribution in [0, 0.1) is 5.92 Å². The van der Waals surface area contributed by atoms with Crippen molar-refractivity contribution in [2.24, 2.45) is 5.92 Å². The van der Waals surface area contributed by atoms with Gasteiger partial charge in [0.25, 0.3) is 0 Å². The van der Waals surface area contributed by atoms with Crippen molar-refractivity contribution in [2.45, 2.75) is 45.1 Å². The first-order valence-corrected chi connectivity index (χ1v) is 6.22. The molecule has 5 nitrogen and oxygen atoms in total. The first kappa shape index (κ1) is 12.0. The molecule has 1 aromatic rings. The van der Waals surface area contributed by atoms with Crippen LogP contribution in [-0.4, -0.2) is 22.3 Å². The van der Waals surface area contributed by atoms with Gasteiger partial charge in [0.15, 0.2) is 0 Å². The minimum Gasteiger partial charge on any atom is -0.457 e. The van der Waals surface area contributed by atoms with Crippen LogP contribution in [0.15, 0.2) is 6.07 Å². The van der Waals surface area contributed by atoms with Gasteiger partial charge in [-0.3, -0.25) is 5.10 Å². The van der Waals surface area contributed by atoms with Crippen LogP contribution in [0.1, 0.15) is 49.5 Å². The number of H-pyrrole nitrogens is 1. The van der Waals surface area contributed by atoms with Crippen molar-refractivity contribution in [1.29, 1.82) is 0 Å². The minimum absolute atomic E-state index is 0.0470. The average molecular weight is 237 g/mol. The lowest BCUT2D eigenvalue weighted by molar-refractivity contribution is 0.000115. The molecule has 0 bridgehead atoms. The Morgan fingerprint density at radius 2 is 2.35 bits per heavy atom. The Labute approximate surface area is 101 Å². The summed E-state index contributed by atoms with van der Waals surface area (Å²) in [4.78, 5) is 11.8. The molecule has 0 radical (unpaired) electrons. The van der Waals surface area contributed by atoms with Gasteiger partial charge in [-0.25, -0.2) is 4.79 Å². The van der Waals surface area contributed by atoms with E-state index in [1.54, 1.807) is 0 Å². The molecule has 94 valence electrons. The number of carbonyl (C=O) groups excluding carboxylic acids is 1. The molecule has 2 unspecified atom stereocenters. The number of aromatic amines is 1. The summed E-state index contributed by atoms with van der Waals surface area (Å²) < 4.78 is 5.53. The second-order valence-corrected chi connectivity index (χ2v) is 4.60. The Bertz CT molecular complexity index is 389. The number of anilines is 1. The molecule has 1 fully saturated rings. The van der Waals surface area contributed by atoms with Crippen molar-refractivity contribution in [1.82, 2.24) is 10.2 Å². The van der Waals surface area contributed by atoms with Crippen LogP contribution < -0.4 is 5.73 Å². The average Bonchev–Trinajstić information content (AvgIpc) is 2.77. The number of esters is 1. The normalized spacial score (nSPS) is 24.5. The highest BCUT2D eigenvalue weighted by molar-refractivity contribution is 5.88. The van der Waals surface area contributed by atoms with Gasteiger partial charge in [-0.1, -0.05) is 13.3 Å². The maximum Gasteiger partial charge on any atom is 0.356 e. The van der Waals surface area contributed by atoms with Crippen molar-refractivity contribution in [2.75, 3.05) is 5.73 Å². The van der Waals surface area contributed by atoms with E-state index in [0.29, 0.717) is 17.4 Å². The van der Waals surface area contributed by atoms with Crippen LogP contribution in [0.25, 0.3) is 0 Å². The number of nitrogens with two attached hydrogens (primary N) is 1. The van der Waals surface area contributed by atoms with Crippen molar-refractivity contribution in [3.05, 3.63) is 11.8 Å². The Hall–Kier alpha value is -1.52. The van der Waals surface area contributed by atoms with Gasteiger partial charge in [0, 0.05) is 6.07 Å².